The molecule has 2 aliphatic carbocycles. The lowest BCUT2D eigenvalue weighted by Gasteiger charge is -2.22. The van der Waals surface area contributed by atoms with Gasteiger partial charge >= 0.3 is 5.97 Å². The summed E-state index contributed by atoms with van der Waals surface area (Å²) < 4.78 is 1.50. The number of carboxylic acid groups (broad SMARTS) is 1. The molecule has 0 bridgehead atoms. The van der Waals surface area contributed by atoms with E-state index < -0.39 is 12.0 Å². The predicted molar refractivity (Wildman–Crippen MR) is 99.6 cm³/mol. The van der Waals surface area contributed by atoms with E-state index in [0.717, 1.165) is 41.3 Å². The molecule has 4 rings (SSSR count). The van der Waals surface area contributed by atoms with Gasteiger partial charge in [0, 0.05) is 16.9 Å². The maximum Gasteiger partial charge on any atom is 0.327 e. The number of hydrogen-bond acceptors (Lipinski definition) is 3. The third kappa shape index (κ3) is 3.08. The number of nitrogens with zero attached hydrogens (tertiary/aromatic N) is 1. The number of halogens is 1. The minimum atomic E-state index is -0.925. The second-order valence-corrected chi connectivity index (χ2v) is 8.67. The summed E-state index contributed by atoms with van der Waals surface area (Å²) in [6.07, 6.45) is 7.85. The van der Waals surface area contributed by atoms with Crippen molar-refractivity contribution in [2.75, 3.05) is 5.75 Å². The summed E-state index contributed by atoms with van der Waals surface area (Å²) in [4.78, 5) is 24.1. The molecule has 1 saturated carbocycles. The number of aliphatic carboxylic acids is 1. The highest BCUT2D eigenvalue weighted by Crippen LogP contribution is 2.48. The summed E-state index contributed by atoms with van der Waals surface area (Å²) in [5, 5.41) is 11.2. The van der Waals surface area contributed by atoms with Gasteiger partial charge in [-0.3, -0.25) is 9.36 Å². The van der Waals surface area contributed by atoms with Crippen molar-refractivity contribution in [3.05, 3.63) is 50.3 Å². The number of allylic oxidation sites excluding steroid dienone is 4. The van der Waals surface area contributed by atoms with E-state index in [9.17, 15) is 14.7 Å². The Morgan fingerprint density at radius 1 is 1.40 bits per heavy atom. The van der Waals surface area contributed by atoms with Crippen LogP contribution in [-0.4, -0.2) is 21.4 Å². The van der Waals surface area contributed by atoms with Crippen LogP contribution in [0.2, 0.25) is 0 Å². The van der Waals surface area contributed by atoms with E-state index in [0.29, 0.717) is 17.6 Å². The van der Waals surface area contributed by atoms with Gasteiger partial charge in [-0.05, 0) is 54.7 Å². The van der Waals surface area contributed by atoms with Crippen molar-refractivity contribution in [2.45, 2.75) is 49.6 Å². The van der Waals surface area contributed by atoms with Crippen LogP contribution in [0.15, 0.2) is 38.6 Å². The molecule has 1 aromatic rings. The molecular formula is C19H20ClNO3S. The molecule has 0 spiro atoms. The lowest BCUT2D eigenvalue weighted by molar-refractivity contribution is -0.140. The first-order valence-corrected chi connectivity index (χ1v) is 10.0. The smallest absolute Gasteiger partial charge is 0.327 e. The van der Waals surface area contributed by atoms with Crippen LogP contribution >= 0.6 is 23.4 Å². The summed E-state index contributed by atoms with van der Waals surface area (Å²) in [6.45, 7) is 2.16. The van der Waals surface area contributed by atoms with Crippen LogP contribution in [0.25, 0.3) is 0 Å². The Hall–Kier alpha value is -1.46. The first kappa shape index (κ1) is 17.0. The standard InChI is InChI=1S/C19H20ClNO3S/c1-10-6-14(20)5-4-12(10)7-13-8-16(22)21-15(19(23)24)9-25-18(21)17(13)11-2-3-11/h4-5,8,10-11,15H,2-3,6-7,9H2,1H3,(H,23,24)/t10?,15-/m0/s1. The number of hydrogen-bond donors (Lipinski definition) is 1. The average Bonchev–Trinajstić information content (AvgIpc) is 3.27. The van der Waals surface area contributed by atoms with Crippen LogP contribution in [-0.2, 0) is 11.2 Å². The summed E-state index contributed by atoms with van der Waals surface area (Å²) in [7, 11) is 0. The molecular weight excluding hydrogens is 358 g/mol. The van der Waals surface area contributed by atoms with Crippen molar-refractivity contribution in [1.29, 1.82) is 0 Å². The van der Waals surface area contributed by atoms with Crippen LogP contribution in [0.3, 0.4) is 0 Å². The summed E-state index contributed by atoms with van der Waals surface area (Å²) in [5.41, 5.74) is 3.38. The first-order chi connectivity index (χ1) is 12.0. The summed E-state index contributed by atoms with van der Waals surface area (Å²) in [5.74, 6) is 0.340. The highest BCUT2D eigenvalue weighted by atomic mass is 35.5. The van der Waals surface area contributed by atoms with E-state index in [-0.39, 0.29) is 5.56 Å². The third-order valence-corrected chi connectivity index (χ3v) is 6.75. The van der Waals surface area contributed by atoms with Crippen LogP contribution in [0.4, 0.5) is 0 Å². The van der Waals surface area contributed by atoms with Crippen LogP contribution in [0.1, 0.15) is 49.3 Å². The second kappa shape index (κ2) is 6.36. The van der Waals surface area contributed by atoms with Gasteiger partial charge in [0.05, 0.1) is 5.03 Å². The van der Waals surface area contributed by atoms with E-state index >= 15 is 0 Å². The van der Waals surface area contributed by atoms with Crippen molar-refractivity contribution < 1.29 is 9.90 Å². The number of rotatable bonds is 4. The zero-order chi connectivity index (χ0) is 17.7. The monoisotopic (exact) mass is 377 g/mol. The molecule has 1 N–H and O–H groups in total. The molecule has 25 heavy (non-hydrogen) atoms. The van der Waals surface area contributed by atoms with Gasteiger partial charge in [0.25, 0.3) is 5.56 Å². The van der Waals surface area contributed by atoms with E-state index in [1.807, 2.05) is 6.08 Å². The maximum absolute atomic E-state index is 12.7. The van der Waals surface area contributed by atoms with Gasteiger partial charge in [-0.25, -0.2) is 4.79 Å². The third-order valence-electron chi connectivity index (χ3n) is 5.30. The molecule has 4 nitrogen and oxygen atoms in total. The number of pyridine rings is 1. The van der Waals surface area contributed by atoms with E-state index in [2.05, 4.69) is 13.0 Å². The highest BCUT2D eigenvalue weighted by Gasteiger charge is 2.37. The fourth-order valence-electron chi connectivity index (χ4n) is 3.78. The van der Waals surface area contributed by atoms with Gasteiger partial charge in [0.15, 0.2) is 0 Å². The second-order valence-electron chi connectivity index (χ2n) is 7.17. The molecule has 0 aromatic carbocycles. The Balaban J connectivity index is 1.78. The Morgan fingerprint density at radius 3 is 2.80 bits per heavy atom. The first-order valence-electron chi connectivity index (χ1n) is 8.64. The van der Waals surface area contributed by atoms with E-state index in [4.69, 9.17) is 11.6 Å². The molecule has 0 saturated heterocycles. The predicted octanol–water partition coefficient (Wildman–Crippen LogP) is 4.09. The Morgan fingerprint density at radius 2 is 2.16 bits per heavy atom. The van der Waals surface area contributed by atoms with Gasteiger partial charge in [-0.2, -0.15) is 0 Å². The quantitative estimate of drug-likeness (QED) is 0.858. The maximum atomic E-state index is 12.7. The SMILES string of the molecule is CC1CC(Cl)=CC=C1Cc1cc(=O)n2c(c1C1CC1)SC[C@H]2C(=O)O. The van der Waals surface area contributed by atoms with Gasteiger partial charge in [0.2, 0.25) is 0 Å². The van der Waals surface area contributed by atoms with Gasteiger partial charge in [0.1, 0.15) is 6.04 Å². The van der Waals surface area contributed by atoms with Crippen LogP contribution in [0.5, 0.6) is 0 Å². The molecule has 3 aliphatic rings. The molecule has 0 radical (unpaired) electrons. The molecule has 132 valence electrons. The molecule has 1 unspecified atom stereocenters. The lowest BCUT2D eigenvalue weighted by atomic mass is 9.87. The van der Waals surface area contributed by atoms with Crippen LogP contribution < -0.4 is 5.56 Å². The molecule has 1 fully saturated rings. The normalized spacial score (nSPS) is 25.4. The molecule has 6 heteroatoms. The Kier molecular flexibility index (Phi) is 4.32. The number of fused-ring (bicyclic) bond motifs is 1. The molecule has 1 aliphatic heterocycles. The lowest BCUT2D eigenvalue weighted by Crippen LogP contribution is -2.29. The van der Waals surface area contributed by atoms with Crippen molar-refractivity contribution in [1.82, 2.24) is 4.57 Å². The molecule has 0 amide bonds. The molecule has 2 heterocycles. The van der Waals surface area contributed by atoms with Gasteiger partial charge in [-0.15, -0.1) is 11.8 Å². The zero-order valence-electron chi connectivity index (χ0n) is 14.0. The number of carboxylic acids is 1. The minimum absolute atomic E-state index is 0.190. The zero-order valence-corrected chi connectivity index (χ0v) is 15.6. The Labute approximate surface area is 155 Å². The number of aromatic nitrogens is 1. The summed E-state index contributed by atoms with van der Waals surface area (Å²) >= 11 is 7.64. The van der Waals surface area contributed by atoms with E-state index in [1.54, 1.807) is 6.07 Å². The van der Waals surface area contributed by atoms with Gasteiger partial charge in [-0.1, -0.05) is 30.2 Å². The highest BCUT2D eigenvalue weighted by molar-refractivity contribution is 7.99. The van der Waals surface area contributed by atoms with E-state index in [1.165, 1.54) is 27.5 Å². The largest absolute Gasteiger partial charge is 0.480 e. The average molecular weight is 378 g/mol. The Bertz CT molecular complexity index is 866. The van der Waals surface area contributed by atoms with Gasteiger partial charge < -0.3 is 5.11 Å². The van der Waals surface area contributed by atoms with Crippen LogP contribution in [0, 0.1) is 5.92 Å². The minimum Gasteiger partial charge on any atom is -0.480 e. The fourth-order valence-corrected chi connectivity index (χ4v) is 5.49. The fraction of sp³-hybridized carbons (Fsp3) is 0.474. The van der Waals surface area contributed by atoms with Crippen molar-refractivity contribution >= 4 is 29.3 Å². The molecule has 1 aromatic heterocycles. The number of carbonyl (C=O) groups is 1. The van der Waals surface area contributed by atoms with Crippen molar-refractivity contribution in [3.8, 4) is 0 Å². The summed E-state index contributed by atoms with van der Waals surface area (Å²) in [6, 6.07) is 0.931. The molecule has 2 atom stereocenters. The number of thioether (sulfide) groups is 1. The van der Waals surface area contributed by atoms with Crippen molar-refractivity contribution in [2.24, 2.45) is 5.92 Å². The van der Waals surface area contributed by atoms with Crippen molar-refractivity contribution in [3.63, 3.8) is 0 Å². The topological polar surface area (TPSA) is 59.3 Å².